The molecule has 2 unspecified atom stereocenters. The van der Waals surface area contributed by atoms with Gasteiger partial charge in [-0.15, -0.1) is 0 Å². The van der Waals surface area contributed by atoms with Crippen LogP contribution in [0.4, 0.5) is 0 Å². The number of rotatable bonds is 7. The van der Waals surface area contributed by atoms with E-state index in [1.165, 1.54) is 0 Å². The van der Waals surface area contributed by atoms with E-state index < -0.39 is 0 Å². The molecule has 3 N–H and O–H groups in total. The van der Waals surface area contributed by atoms with Gasteiger partial charge in [-0.3, -0.25) is 4.79 Å². The molecule has 0 bridgehead atoms. The van der Waals surface area contributed by atoms with Crippen molar-refractivity contribution in [2.45, 2.75) is 32.7 Å². The number of nitrogens with two attached hydrogens (primary N) is 1. The van der Waals surface area contributed by atoms with Crippen molar-refractivity contribution in [3.05, 3.63) is 0 Å². The monoisotopic (exact) mass is 232 g/mol. The molecular formula is C10H20N2O2S. The summed E-state index contributed by atoms with van der Waals surface area (Å²) in [5.74, 6) is -0.460. The summed E-state index contributed by atoms with van der Waals surface area (Å²) in [7, 11) is 1.60. The van der Waals surface area contributed by atoms with Crippen molar-refractivity contribution < 1.29 is 9.53 Å². The molecule has 0 spiro atoms. The van der Waals surface area contributed by atoms with Crippen LogP contribution in [-0.4, -0.2) is 30.7 Å². The number of hydrogen-bond acceptors (Lipinski definition) is 3. The zero-order chi connectivity index (χ0) is 11.8. The molecule has 0 aromatic heterocycles. The van der Waals surface area contributed by atoms with Crippen molar-refractivity contribution in [3.63, 3.8) is 0 Å². The first-order valence-corrected chi connectivity index (χ1v) is 5.52. The Kier molecular flexibility index (Phi) is 7.25. The quantitative estimate of drug-likeness (QED) is 0.638. The van der Waals surface area contributed by atoms with E-state index >= 15 is 0 Å². The van der Waals surface area contributed by atoms with Gasteiger partial charge < -0.3 is 15.8 Å². The van der Waals surface area contributed by atoms with Crippen LogP contribution in [-0.2, 0) is 9.53 Å². The first-order valence-electron chi connectivity index (χ1n) is 5.11. The summed E-state index contributed by atoms with van der Waals surface area (Å²) in [5, 5.41) is 2.82. The van der Waals surface area contributed by atoms with Gasteiger partial charge in [0.1, 0.15) is 0 Å². The highest BCUT2D eigenvalue weighted by atomic mass is 32.1. The van der Waals surface area contributed by atoms with E-state index in [-0.39, 0.29) is 22.9 Å². The minimum absolute atomic E-state index is 0.0174. The van der Waals surface area contributed by atoms with E-state index in [4.69, 9.17) is 22.7 Å². The number of thiocarbonyl (C=S) groups is 1. The molecule has 0 saturated heterocycles. The summed E-state index contributed by atoms with van der Waals surface area (Å²) in [5.41, 5.74) is 5.51. The fraction of sp³-hybridized carbons (Fsp3) is 0.800. The highest BCUT2D eigenvalue weighted by Gasteiger charge is 2.21. The van der Waals surface area contributed by atoms with Crippen LogP contribution in [0.1, 0.15) is 26.7 Å². The summed E-state index contributed by atoms with van der Waals surface area (Å²) in [6.07, 6.45) is 1.58. The van der Waals surface area contributed by atoms with Gasteiger partial charge in [-0.25, -0.2) is 0 Å². The number of carbonyl (C=O) groups is 1. The predicted octanol–water partition coefficient (Wildman–Crippen LogP) is 0.840. The molecule has 4 nitrogen and oxygen atoms in total. The summed E-state index contributed by atoms with van der Waals surface area (Å²) in [4.78, 5) is 12.0. The molecule has 1 amide bonds. The Morgan fingerprint density at radius 2 is 2.20 bits per heavy atom. The minimum Gasteiger partial charge on any atom is -0.393 e. The molecule has 0 saturated carbocycles. The van der Waals surface area contributed by atoms with E-state index in [0.717, 1.165) is 6.42 Å². The van der Waals surface area contributed by atoms with Gasteiger partial charge in [-0.05, 0) is 13.3 Å². The molecule has 0 aliphatic heterocycles. The van der Waals surface area contributed by atoms with Gasteiger partial charge in [0.05, 0.1) is 17.5 Å². The highest BCUT2D eigenvalue weighted by molar-refractivity contribution is 7.80. The molecule has 88 valence electrons. The lowest BCUT2D eigenvalue weighted by Gasteiger charge is -2.18. The number of hydrogen-bond donors (Lipinski definition) is 2. The molecular weight excluding hydrogens is 212 g/mol. The van der Waals surface area contributed by atoms with Gasteiger partial charge in [-0.2, -0.15) is 0 Å². The van der Waals surface area contributed by atoms with Crippen LogP contribution >= 0.6 is 12.2 Å². The fourth-order valence-electron chi connectivity index (χ4n) is 1.33. The van der Waals surface area contributed by atoms with Crippen LogP contribution in [0.3, 0.4) is 0 Å². The second-order valence-electron chi connectivity index (χ2n) is 3.61. The topological polar surface area (TPSA) is 64.3 Å². The summed E-state index contributed by atoms with van der Waals surface area (Å²) >= 11 is 4.86. The second-order valence-corrected chi connectivity index (χ2v) is 4.08. The van der Waals surface area contributed by atoms with Gasteiger partial charge in [0.15, 0.2) is 0 Å². The Balaban J connectivity index is 4.19. The molecule has 0 fully saturated rings. The number of amides is 1. The first kappa shape index (κ1) is 14.3. The number of nitrogens with one attached hydrogen (secondary N) is 1. The van der Waals surface area contributed by atoms with E-state index in [1.807, 2.05) is 13.8 Å². The summed E-state index contributed by atoms with van der Waals surface area (Å²) in [6.45, 7) is 4.36. The molecule has 0 rings (SSSR count). The number of ether oxygens (including phenoxy) is 1. The second kappa shape index (κ2) is 7.59. The number of carbonyl (C=O) groups excluding carboxylic acids is 1. The lowest BCUT2D eigenvalue weighted by atomic mass is 10.0. The largest absolute Gasteiger partial charge is 0.393 e. The normalized spacial score (nSPS) is 14.3. The van der Waals surface area contributed by atoms with Crippen LogP contribution in [0.15, 0.2) is 0 Å². The molecule has 2 atom stereocenters. The van der Waals surface area contributed by atoms with E-state index in [1.54, 1.807) is 7.11 Å². The molecule has 15 heavy (non-hydrogen) atoms. The van der Waals surface area contributed by atoms with Crippen molar-refractivity contribution in [2.24, 2.45) is 11.7 Å². The standard InChI is InChI=1S/C10H20N2O2S/c1-4-5-8(9(11)15)10(13)12-7(2)6-14-3/h7-8H,4-6H2,1-3H3,(H2,11,15)(H,12,13). The average molecular weight is 232 g/mol. The molecule has 0 heterocycles. The average Bonchev–Trinajstić information content (AvgIpc) is 2.13. The predicted molar refractivity (Wildman–Crippen MR) is 64.7 cm³/mol. The van der Waals surface area contributed by atoms with Crippen molar-refractivity contribution in [1.82, 2.24) is 5.32 Å². The lowest BCUT2D eigenvalue weighted by molar-refractivity contribution is -0.124. The van der Waals surface area contributed by atoms with E-state index in [9.17, 15) is 4.79 Å². The molecule has 5 heteroatoms. The third-order valence-electron chi connectivity index (χ3n) is 2.04. The van der Waals surface area contributed by atoms with Crippen LogP contribution in [0.25, 0.3) is 0 Å². The van der Waals surface area contributed by atoms with Crippen LogP contribution < -0.4 is 11.1 Å². The zero-order valence-electron chi connectivity index (χ0n) is 9.58. The molecule has 0 aromatic carbocycles. The van der Waals surface area contributed by atoms with Crippen LogP contribution in [0.5, 0.6) is 0 Å². The van der Waals surface area contributed by atoms with Gasteiger partial charge in [0.2, 0.25) is 5.91 Å². The SMILES string of the molecule is CCCC(C(=O)NC(C)COC)C(N)=S. The third-order valence-corrected chi connectivity index (χ3v) is 2.33. The Morgan fingerprint density at radius 3 is 2.60 bits per heavy atom. The van der Waals surface area contributed by atoms with Gasteiger partial charge in [0.25, 0.3) is 0 Å². The number of methoxy groups -OCH3 is 1. The smallest absolute Gasteiger partial charge is 0.230 e. The minimum atomic E-state index is -0.357. The van der Waals surface area contributed by atoms with E-state index in [2.05, 4.69) is 5.32 Å². The van der Waals surface area contributed by atoms with Crippen molar-refractivity contribution in [2.75, 3.05) is 13.7 Å². The maximum absolute atomic E-state index is 11.7. The van der Waals surface area contributed by atoms with Crippen LogP contribution in [0.2, 0.25) is 0 Å². The Labute approximate surface area is 96.5 Å². The van der Waals surface area contributed by atoms with Crippen molar-refractivity contribution in [1.29, 1.82) is 0 Å². The van der Waals surface area contributed by atoms with Gasteiger partial charge in [-0.1, -0.05) is 25.6 Å². The summed E-state index contributed by atoms with van der Waals surface area (Å²) < 4.78 is 4.93. The zero-order valence-corrected chi connectivity index (χ0v) is 10.4. The van der Waals surface area contributed by atoms with E-state index in [0.29, 0.717) is 13.0 Å². The first-order chi connectivity index (χ1) is 7.02. The van der Waals surface area contributed by atoms with Crippen molar-refractivity contribution >= 4 is 23.1 Å². The Morgan fingerprint density at radius 1 is 1.60 bits per heavy atom. The maximum Gasteiger partial charge on any atom is 0.230 e. The van der Waals surface area contributed by atoms with Crippen LogP contribution in [0, 0.1) is 5.92 Å². The third kappa shape index (κ3) is 5.69. The highest BCUT2D eigenvalue weighted by Crippen LogP contribution is 2.07. The molecule has 0 aliphatic rings. The van der Waals surface area contributed by atoms with Gasteiger partial charge in [0, 0.05) is 13.2 Å². The molecule has 0 aliphatic carbocycles. The van der Waals surface area contributed by atoms with Crippen molar-refractivity contribution in [3.8, 4) is 0 Å². The Hall–Kier alpha value is -0.680. The summed E-state index contributed by atoms with van der Waals surface area (Å²) in [6, 6.07) is -0.0174. The maximum atomic E-state index is 11.7. The molecule has 0 aromatic rings. The molecule has 0 radical (unpaired) electrons. The fourth-order valence-corrected chi connectivity index (χ4v) is 1.55. The lowest BCUT2D eigenvalue weighted by Crippen LogP contribution is -2.43. The van der Waals surface area contributed by atoms with Gasteiger partial charge >= 0.3 is 0 Å². The Bertz CT molecular complexity index is 221.